The van der Waals surface area contributed by atoms with Crippen molar-refractivity contribution >= 4 is 17.3 Å². The van der Waals surface area contributed by atoms with Gasteiger partial charge < -0.3 is 10.4 Å². The Balaban J connectivity index is 2.02. The maximum atomic E-state index is 12.0. The van der Waals surface area contributed by atoms with Crippen LogP contribution in [0.15, 0.2) is 0 Å². The van der Waals surface area contributed by atoms with Crippen molar-refractivity contribution in [2.75, 3.05) is 13.6 Å². The third kappa shape index (κ3) is 2.83. The Labute approximate surface area is 137 Å². The largest absolute Gasteiger partial charge is 0.478 e. The van der Waals surface area contributed by atoms with Crippen LogP contribution in [-0.2, 0) is 12.8 Å². The molecule has 1 heterocycles. The molecule has 0 saturated heterocycles. The fourth-order valence-electron chi connectivity index (χ4n) is 4.33. The van der Waals surface area contributed by atoms with E-state index in [1.807, 2.05) is 18.4 Å². The number of rotatable bonds is 4. The number of carbonyl (C=O) groups is 1. The van der Waals surface area contributed by atoms with Gasteiger partial charge in [-0.2, -0.15) is 0 Å². The monoisotopic (exact) mass is 321 g/mol. The summed E-state index contributed by atoms with van der Waals surface area (Å²) in [4.78, 5) is 14.5. The first-order valence-corrected chi connectivity index (χ1v) is 9.27. The molecule has 1 saturated carbocycles. The van der Waals surface area contributed by atoms with E-state index in [1.165, 1.54) is 29.0 Å². The molecule has 2 aliphatic carbocycles. The quantitative estimate of drug-likeness (QED) is 0.879. The van der Waals surface area contributed by atoms with E-state index in [9.17, 15) is 9.90 Å². The zero-order chi connectivity index (χ0) is 15.9. The molecule has 2 aliphatic rings. The standard InChI is InChI=1S/C18H27NO2S/c1-18(2)8-7-14-13(9-18)15(17(20)21)16(22-14)12-6-4-5-11(12)10-19-3/h11-12,19H,4-10H2,1-3H3,(H,20,21)/t11-,12-/m0/s1. The van der Waals surface area contributed by atoms with E-state index < -0.39 is 5.97 Å². The molecule has 4 heteroatoms. The topological polar surface area (TPSA) is 49.3 Å². The SMILES string of the molecule is CNC[C@@H]1CCC[C@@H]1c1sc2c(c1C(=O)O)CC(C)(C)CC2. The van der Waals surface area contributed by atoms with Gasteiger partial charge in [-0.15, -0.1) is 11.3 Å². The molecule has 3 rings (SSSR count). The van der Waals surface area contributed by atoms with Crippen LogP contribution >= 0.6 is 11.3 Å². The Morgan fingerprint density at radius 1 is 1.41 bits per heavy atom. The number of fused-ring (bicyclic) bond motifs is 1. The highest BCUT2D eigenvalue weighted by Gasteiger charge is 2.37. The zero-order valence-corrected chi connectivity index (χ0v) is 14.7. The molecule has 0 spiro atoms. The van der Waals surface area contributed by atoms with Crippen LogP contribution in [0.5, 0.6) is 0 Å². The number of hydrogen-bond donors (Lipinski definition) is 2. The number of thiophene rings is 1. The first-order valence-electron chi connectivity index (χ1n) is 8.45. The molecule has 0 bridgehead atoms. The van der Waals surface area contributed by atoms with Gasteiger partial charge in [0.1, 0.15) is 0 Å². The fraction of sp³-hybridized carbons (Fsp3) is 0.722. The number of carboxylic acid groups (broad SMARTS) is 1. The molecule has 0 radical (unpaired) electrons. The predicted octanol–water partition coefficient (Wildman–Crippen LogP) is 4.06. The van der Waals surface area contributed by atoms with E-state index in [2.05, 4.69) is 19.2 Å². The minimum atomic E-state index is -0.708. The van der Waals surface area contributed by atoms with Gasteiger partial charge in [0.15, 0.2) is 0 Å². The summed E-state index contributed by atoms with van der Waals surface area (Å²) in [7, 11) is 2.00. The Morgan fingerprint density at radius 3 is 2.86 bits per heavy atom. The molecule has 122 valence electrons. The van der Waals surface area contributed by atoms with Crippen LogP contribution in [0.4, 0.5) is 0 Å². The van der Waals surface area contributed by atoms with E-state index >= 15 is 0 Å². The summed E-state index contributed by atoms with van der Waals surface area (Å²) in [6.45, 7) is 5.52. The van der Waals surface area contributed by atoms with Crippen molar-refractivity contribution < 1.29 is 9.90 Å². The molecule has 0 aliphatic heterocycles. The van der Waals surface area contributed by atoms with Gasteiger partial charge in [-0.3, -0.25) is 0 Å². The van der Waals surface area contributed by atoms with E-state index in [4.69, 9.17) is 0 Å². The molecule has 2 N–H and O–H groups in total. The van der Waals surface area contributed by atoms with Crippen LogP contribution in [0.25, 0.3) is 0 Å². The number of hydrogen-bond acceptors (Lipinski definition) is 3. The highest BCUT2D eigenvalue weighted by Crippen LogP contribution is 2.48. The lowest BCUT2D eigenvalue weighted by Crippen LogP contribution is -2.23. The Morgan fingerprint density at radius 2 is 2.18 bits per heavy atom. The third-order valence-electron chi connectivity index (χ3n) is 5.48. The van der Waals surface area contributed by atoms with Crippen molar-refractivity contribution in [1.29, 1.82) is 0 Å². The average molecular weight is 321 g/mol. The van der Waals surface area contributed by atoms with Gasteiger partial charge in [0.2, 0.25) is 0 Å². The van der Waals surface area contributed by atoms with Gasteiger partial charge >= 0.3 is 5.97 Å². The summed E-state index contributed by atoms with van der Waals surface area (Å²) < 4.78 is 0. The van der Waals surface area contributed by atoms with Gasteiger partial charge in [-0.1, -0.05) is 20.3 Å². The maximum Gasteiger partial charge on any atom is 0.337 e. The van der Waals surface area contributed by atoms with Crippen LogP contribution in [-0.4, -0.2) is 24.7 Å². The second kappa shape index (κ2) is 5.97. The molecule has 3 nitrogen and oxygen atoms in total. The van der Waals surface area contributed by atoms with E-state index in [0.29, 0.717) is 17.4 Å². The van der Waals surface area contributed by atoms with Gasteiger partial charge in [0.05, 0.1) is 5.56 Å². The molecule has 0 aromatic carbocycles. The van der Waals surface area contributed by atoms with Crippen molar-refractivity contribution in [3.05, 3.63) is 20.9 Å². The van der Waals surface area contributed by atoms with Gasteiger partial charge in [0, 0.05) is 9.75 Å². The minimum Gasteiger partial charge on any atom is -0.478 e. The Bertz CT molecular complexity index is 576. The summed E-state index contributed by atoms with van der Waals surface area (Å²) in [6.07, 6.45) is 6.74. The van der Waals surface area contributed by atoms with E-state index in [1.54, 1.807) is 0 Å². The molecule has 1 aromatic rings. The fourth-order valence-corrected chi connectivity index (χ4v) is 5.87. The second-order valence-corrected chi connectivity index (χ2v) is 8.88. The summed E-state index contributed by atoms with van der Waals surface area (Å²) >= 11 is 1.81. The smallest absolute Gasteiger partial charge is 0.337 e. The molecular formula is C18H27NO2S. The second-order valence-electron chi connectivity index (χ2n) is 7.74. The number of nitrogens with one attached hydrogen (secondary N) is 1. The van der Waals surface area contributed by atoms with E-state index in [-0.39, 0.29) is 5.41 Å². The third-order valence-corrected chi connectivity index (χ3v) is 6.90. The maximum absolute atomic E-state index is 12.0. The number of aryl methyl sites for hydroxylation is 1. The van der Waals surface area contributed by atoms with Crippen molar-refractivity contribution in [2.45, 2.75) is 58.3 Å². The lowest BCUT2D eigenvalue weighted by atomic mass is 9.75. The van der Waals surface area contributed by atoms with Gasteiger partial charge in [-0.05, 0) is 68.5 Å². The summed E-state index contributed by atoms with van der Waals surface area (Å²) in [5.74, 6) is 0.328. The minimum absolute atomic E-state index is 0.232. The summed E-state index contributed by atoms with van der Waals surface area (Å²) in [5, 5.41) is 13.1. The van der Waals surface area contributed by atoms with Crippen molar-refractivity contribution in [3.8, 4) is 0 Å². The molecule has 0 unspecified atom stereocenters. The lowest BCUT2D eigenvalue weighted by molar-refractivity contribution is 0.0693. The van der Waals surface area contributed by atoms with Crippen molar-refractivity contribution in [1.82, 2.24) is 5.32 Å². The van der Waals surface area contributed by atoms with Crippen LogP contribution in [0.2, 0.25) is 0 Å². The van der Waals surface area contributed by atoms with E-state index in [0.717, 1.165) is 31.4 Å². The van der Waals surface area contributed by atoms with Crippen LogP contribution < -0.4 is 5.32 Å². The first-order chi connectivity index (χ1) is 10.4. The summed E-state index contributed by atoms with van der Waals surface area (Å²) in [6, 6.07) is 0. The molecule has 0 amide bonds. The van der Waals surface area contributed by atoms with Crippen LogP contribution in [0.1, 0.15) is 71.1 Å². The highest BCUT2D eigenvalue weighted by atomic mass is 32.1. The number of aromatic carboxylic acids is 1. The molecule has 2 atom stereocenters. The van der Waals surface area contributed by atoms with Crippen molar-refractivity contribution in [3.63, 3.8) is 0 Å². The summed E-state index contributed by atoms with van der Waals surface area (Å²) in [5.41, 5.74) is 2.05. The van der Waals surface area contributed by atoms with Crippen LogP contribution in [0, 0.1) is 11.3 Å². The Hall–Kier alpha value is -0.870. The molecule has 1 aromatic heterocycles. The molecular weight excluding hydrogens is 294 g/mol. The van der Waals surface area contributed by atoms with Crippen LogP contribution in [0.3, 0.4) is 0 Å². The molecule has 22 heavy (non-hydrogen) atoms. The highest BCUT2D eigenvalue weighted by molar-refractivity contribution is 7.12. The Kier molecular flexibility index (Phi) is 4.34. The molecule has 1 fully saturated rings. The zero-order valence-electron chi connectivity index (χ0n) is 13.9. The van der Waals surface area contributed by atoms with Gasteiger partial charge in [-0.25, -0.2) is 4.79 Å². The first kappa shape index (κ1) is 16.0. The van der Waals surface area contributed by atoms with Crippen molar-refractivity contribution in [2.24, 2.45) is 11.3 Å². The lowest BCUT2D eigenvalue weighted by Gasteiger charge is -2.29. The normalized spacial score (nSPS) is 26.9. The van der Waals surface area contributed by atoms with Gasteiger partial charge in [0.25, 0.3) is 0 Å². The average Bonchev–Trinajstić information content (AvgIpc) is 3.01. The number of carboxylic acids is 1. The predicted molar refractivity (Wildman–Crippen MR) is 91.1 cm³/mol.